The second-order valence-corrected chi connectivity index (χ2v) is 2.18. The third-order valence-corrected chi connectivity index (χ3v) is 1.35. The highest BCUT2D eigenvalue weighted by Crippen LogP contribution is 2.02. The average Bonchev–Trinajstić information content (AvgIpc) is 2.38. The van der Waals surface area contributed by atoms with Gasteiger partial charge in [0.15, 0.2) is 0 Å². The summed E-state index contributed by atoms with van der Waals surface area (Å²) in [6.45, 7) is 0. The van der Waals surface area contributed by atoms with Gasteiger partial charge in [-0.3, -0.25) is 0 Å². The molecule has 0 fully saturated rings. The minimum Gasteiger partial charge on any atom is -0.361 e. The summed E-state index contributed by atoms with van der Waals surface area (Å²) in [6, 6.07) is 7.71. The fourth-order valence-electron chi connectivity index (χ4n) is 0.867. The summed E-state index contributed by atoms with van der Waals surface area (Å²) < 4.78 is 0. The largest absolute Gasteiger partial charge is 0.361 e. The van der Waals surface area contributed by atoms with E-state index in [1.807, 2.05) is 24.3 Å². The van der Waals surface area contributed by atoms with Gasteiger partial charge in [-0.25, -0.2) is 0 Å². The van der Waals surface area contributed by atoms with Gasteiger partial charge in [-0.2, -0.15) is 10.5 Å². The van der Waals surface area contributed by atoms with Gasteiger partial charge in [0.05, 0.1) is 25.0 Å². The molecular weight excluding hydrogens is 138 g/mol. The van der Waals surface area contributed by atoms with Crippen LogP contribution >= 0.6 is 0 Å². The van der Waals surface area contributed by atoms with E-state index in [1.165, 1.54) is 0 Å². The normalized spacial score (nSPS) is 8.55. The summed E-state index contributed by atoms with van der Waals surface area (Å²) in [6.07, 6.45) is 0.761. The second kappa shape index (κ2) is 3.43. The van der Waals surface area contributed by atoms with E-state index >= 15 is 0 Å². The third kappa shape index (κ3) is 1.84. The minimum atomic E-state index is 0.380. The third-order valence-electron chi connectivity index (χ3n) is 1.35. The number of nitriles is 2. The van der Waals surface area contributed by atoms with Crippen molar-refractivity contribution in [2.45, 2.75) is 12.8 Å². The Morgan fingerprint density at radius 2 is 1.55 bits per heavy atom. The van der Waals surface area contributed by atoms with E-state index < -0.39 is 0 Å². The topological polar surface area (TPSA) is 63.4 Å². The first-order valence-electron chi connectivity index (χ1n) is 3.27. The van der Waals surface area contributed by atoms with Crippen molar-refractivity contribution in [2.75, 3.05) is 0 Å². The number of aromatic amines is 1. The highest BCUT2D eigenvalue weighted by molar-refractivity contribution is 5.17. The Morgan fingerprint density at radius 1 is 1.09 bits per heavy atom. The number of hydrogen-bond donors (Lipinski definition) is 1. The van der Waals surface area contributed by atoms with Crippen molar-refractivity contribution in [3.63, 3.8) is 0 Å². The van der Waals surface area contributed by atoms with Gasteiger partial charge < -0.3 is 4.98 Å². The van der Waals surface area contributed by atoms with Crippen molar-refractivity contribution in [3.05, 3.63) is 23.5 Å². The SMILES string of the molecule is N#CCc1ccc(CC#N)[nH]1. The van der Waals surface area contributed by atoms with E-state index in [0.29, 0.717) is 12.8 Å². The van der Waals surface area contributed by atoms with Crippen LogP contribution < -0.4 is 0 Å². The van der Waals surface area contributed by atoms with Crippen LogP contribution in [0.1, 0.15) is 11.4 Å². The molecule has 0 saturated heterocycles. The number of nitrogens with one attached hydrogen (secondary N) is 1. The quantitative estimate of drug-likeness (QED) is 0.678. The lowest BCUT2D eigenvalue weighted by Crippen LogP contribution is -1.83. The van der Waals surface area contributed by atoms with Crippen LogP contribution in [0.15, 0.2) is 12.1 Å². The first-order chi connectivity index (χ1) is 5.36. The molecular formula is C8H7N3. The van der Waals surface area contributed by atoms with Gasteiger partial charge in [0.25, 0.3) is 0 Å². The van der Waals surface area contributed by atoms with E-state index in [9.17, 15) is 0 Å². The molecule has 0 radical (unpaired) electrons. The van der Waals surface area contributed by atoms with Crippen molar-refractivity contribution in [1.29, 1.82) is 10.5 Å². The number of aromatic nitrogens is 1. The lowest BCUT2D eigenvalue weighted by atomic mass is 10.3. The first-order valence-corrected chi connectivity index (χ1v) is 3.27. The van der Waals surface area contributed by atoms with Crippen LogP contribution in [0.25, 0.3) is 0 Å². The van der Waals surface area contributed by atoms with E-state index in [0.717, 1.165) is 11.4 Å². The van der Waals surface area contributed by atoms with E-state index in [4.69, 9.17) is 10.5 Å². The molecule has 1 aromatic heterocycles. The molecule has 1 N–H and O–H groups in total. The Labute approximate surface area is 64.9 Å². The molecule has 3 nitrogen and oxygen atoms in total. The minimum absolute atomic E-state index is 0.380. The second-order valence-electron chi connectivity index (χ2n) is 2.18. The molecule has 0 atom stereocenters. The van der Waals surface area contributed by atoms with Gasteiger partial charge in [0.1, 0.15) is 0 Å². The van der Waals surface area contributed by atoms with E-state index in [1.54, 1.807) is 0 Å². The van der Waals surface area contributed by atoms with Crippen LogP contribution in [-0.4, -0.2) is 4.98 Å². The smallest absolute Gasteiger partial charge is 0.0752 e. The molecule has 0 saturated carbocycles. The maximum Gasteiger partial charge on any atom is 0.0752 e. The lowest BCUT2D eigenvalue weighted by molar-refractivity contribution is 1.08. The number of H-pyrrole nitrogens is 1. The molecule has 11 heavy (non-hydrogen) atoms. The van der Waals surface area contributed by atoms with Crippen molar-refractivity contribution >= 4 is 0 Å². The summed E-state index contributed by atoms with van der Waals surface area (Å²) in [5, 5.41) is 16.6. The zero-order chi connectivity index (χ0) is 8.10. The molecule has 0 aromatic carbocycles. The standard InChI is InChI=1S/C8H7N3/c9-5-3-7-1-2-8(11-7)4-6-10/h1-2,11H,3-4H2. The highest BCUT2D eigenvalue weighted by Gasteiger charge is 1.95. The zero-order valence-corrected chi connectivity index (χ0v) is 5.96. The fourth-order valence-corrected chi connectivity index (χ4v) is 0.867. The summed E-state index contributed by atoms with van der Waals surface area (Å²) in [5.74, 6) is 0. The van der Waals surface area contributed by atoms with Crippen LogP contribution in [-0.2, 0) is 12.8 Å². The Kier molecular flexibility index (Phi) is 2.30. The Balaban J connectivity index is 2.69. The summed E-state index contributed by atoms with van der Waals surface area (Å²) >= 11 is 0. The van der Waals surface area contributed by atoms with Gasteiger partial charge in [0, 0.05) is 11.4 Å². The molecule has 1 aromatic rings. The predicted octanol–water partition coefficient (Wildman–Crippen LogP) is 1.15. The van der Waals surface area contributed by atoms with Crippen LogP contribution in [0, 0.1) is 22.7 Å². The maximum atomic E-state index is 8.32. The number of nitrogens with zero attached hydrogens (tertiary/aromatic N) is 2. The summed E-state index contributed by atoms with van der Waals surface area (Å²) in [4.78, 5) is 2.97. The maximum absolute atomic E-state index is 8.32. The molecule has 0 aliphatic rings. The highest BCUT2D eigenvalue weighted by atomic mass is 14.7. The molecule has 0 aliphatic carbocycles. The van der Waals surface area contributed by atoms with Crippen molar-refractivity contribution < 1.29 is 0 Å². The molecule has 1 rings (SSSR count). The summed E-state index contributed by atoms with van der Waals surface area (Å²) in [5.41, 5.74) is 1.75. The average molecular weight is 145 g/mol. The molecule has 0 amide bonds. The molecule has 1 heterocycles. The van der Waals surface area contributed by atoms with Crippen LogP contribution in [0.2, 0.25) is 0 Å². The molecule has 0 unspecified atom stereocenters. The van der Waals surface area contributed by atoms with Crippen LogP contribution in [0.3, 0.4) is 0 Å². The van der Waals surface area contributed by atoms with Gasteiger partial charge in [-0.15, -0.1) is 0 Å². The van der Waals surface area contributed by atoms with Crippen molar-refractivity contribution in [3.8, 4) is 12.1 Å². The van der Waals surface area contributed by atoms with Crippen LogP contribution in [0.4, 0.5) is 0 Å². The van der Waals surface area contributed by atoms with Gasteiger partial charge in [-0.1, -0.05) is 0 Å². The Hall–Kier alpha value is -1.74. The van der Waals surface area contributed by atoms with E-state index in [-0.39, 0.29) is 0 Å². The zero-order valence-electron chi connectivity index (χ0n) is 5.96. The molecule has 0 bridgehead atoms. The lowest BCUT2D eigenvalue weighted by Gasteiger charge is -1.85. The fraction of sp³-hybridized carbons (Fsp3) is 0.250. The Morgan fingerprint density at radius 3 is 1.91 bits per heavy atom. The number of hydrogen-bond acceptors (Lipinski definition) is 2. The number of rotatable bonds is 2. The molecule has 0 spiro atoms. The first kappa shape index (κ1) is 7.37. The predicted molar refractivity (Wildman–Crippen MR) is 39.4 cm³/mol. The molecule has 54 valence electrons. The van der Waals surface area contributed by atoms with Crippen molar-refractivity contribution in [1.82, 2.24) is 4.98 Å². The molecule has 0 aliphatic heterocycles. The van der Waals surface area contributed by atoms with Gasteiger partial charge >= 0.3 is 0 Å². The van der Waals surface area contributed by atoms with Gasteiger partial charge in [-0.05, 0) is 12.1 Å². The van der Waals surface area contributed by atoms with Crippen LogP contribution in [0.5, 0.6) is 0 Å². The monoisotopic (exact) mass is 145 g/mol. The Bertz CT molecular complexity index is 280. The van der Waals surface area contributed by atoms with E-state index in [2.05, 4.69) is 4.98 Å². The van der Waals surface area contributed by atoms with Gasteiger partial charge in [0.2, 0.25) is 0 Å². The summed E-state index contributed by atoms with van der Waals surface area (Å²) in [7, 11) is 0. The molecule has 3 heteroatoms. The van der Waals surface area contributed by atoms with Crippen molar-refractivity contribution in [2.24, 2.45) is 0 Å².